The van der Waals surface area contributed by atoms with Crippen molar-refractivity contribution < 1.29 is 22.0 Å². The molecule has 1 aromatic carbocycles. The maximum atomic E-state index is 13.7. The van der Waals surface area contributed by atoms with Gasteiger partial charge in [0.2, 0.25) is 15.9 Å². The Morgan fingerprint density at radius 1 is 1.13 bits per heavy atom. The predicted molar refractivity (Wildman–Crippen MR) is 79.0 cm³/mol. The zero-order valence-corrected chi connectivity index (χ0v) is 13.3. The Balaban J connectivity index is 1.68. The Kier molecular flexibility index (Phi) is 4.37. The van der Waals surface area contributed by atoms with Gasteiger partial charge in [-0.05, 0) is 43.9 Å². The third-order valence-electron chi connectivity index (χ3n) is 4.26. The summed E-state index contributed by atoms with van der Waals surface area (Å²) in [5.74, 6) is -2.04. The number of piperidine rings is 1. The molecule has 0 bridgehead atoms. The highest BCUT2D eigenvalue weighted by Crippen LogP contribution is 2.27. The van der Waals surface area contributed by atoms with Gasteiger partial charge in [0.15, 0.2) is 0 Å². The fourth-order valence-corrected chi connectivity index (χ4v) is 4.26. The molecule has 0 aromatic heterocycles. The van der Waals surface area contributed by atoms with Crippen molar-refractivity contribution in [1.82, 2.24) is 9.62 Å². The maximum Gasteiger partial charge on any atom is 0.246 e. The number of carbonyl (C=O) groups is 1. The van der Waals surface area contributed by atoms with Crippen LogP contribution in [0.15, 0.2) is 23.1 Å². The molecule has 1 aliphatic heterocycles. The van der Waals surface area contributed by atoms with Gasteiger partial charge in [0, 0.05) is 25.0 Å². The molecule has 5 nitrogen and oxygen atoms in total. The highest BCUT2D eigenvalue weighted by atomic mass is 32.2. The van der Waals surface area contributed by atoms with Crippen LogP contribution < -0.4 is 5.32 Å². The Bertz CT molecular complexity index is 711. The molecule has 126 valence electrons. The van der Waals surface area contributed by atoms with Crippen LogP contribution in [0.3, 0.4) is 0 Å². The van der Waals surface area contributed by atoms with Crippen molar-refractivity contribution in [2.75, 3.05) is 13.1 Å². The van der Waals surface area contributed by atoms with Crippen molar-refractivity contribution in [2.24, 2.45) is 5.92 Å². The fraction of sp³-hybridized carbons (Fsp3) is 0.533. The molecule has 0 atom stereocenters. The summed E-state index contributed by atoms with van der Waals surface area (Å²) in [5, 5.41) is 2.91. The molecule has 2 fully saturated rings. The predicted octanol–water partition coefficient (Wildman–Crippen LogP) is 1.64. The van der Waals surface area contributed by atoms with Crippen LogP contribution in [-0.4, -0.2) is 37.8 Å². The lowest BCUT2D eigenvalue weighted by atomic mass is 9.97. The van der Waals surface area contributed by atoms with Gasteiger partial charge in [-0.2, -0.15) is 4.31 Å². The molecule has 1 amide bonds. The molecule has 0 radical (unpaired) electrons. The summed E-state index contributed by atoms with van der Waals surface area (Å²) >= 11 is 0. The highest BCUT2D eigenvalue weighted by Gasteiger charge is 2.35. The summed E-state index contributed by atoms with van der Waals surface area (Å²) < 4.78 is 53.0. The molecule has 1 aliphatic carbocycles. The number of amides is 1. The van der Waals surface area contributed by atoms with Crippen molar-refractivity contribution in [2.45, 2.75) is 36.6 Å². The molecular formula is C15H18F2N2O3S. The average Bonchev–Trinajstić information content (AvgIpc) is 3.33. The van der Waals surface area contributed by atoms with Crippen molar-refractivity contribution in [1.29, 1.82) is 0 Å². The maximum absolute atomic E-state index is 13.7. The van der Waals surface area contributed by atoms with Gasteiger partial charge in [0.25, 0.3) is 0 Å². The van der Waals surface area contributed by atoms with E-state index in [2.05, 4.69) is 5.32 Å². The lowest BCUT2D eigenvalue weighted by Crippen LogP contribution is -2.43. The molecule has 0 unspecified atom stereocenters. The topological polar surface area (TPSA) is 66.5 Å². The third kappa shape index (κ3) is 3.53. The molecule has 1 saturated carbocycles. The molecule has 1 heterocycles. The number of benzene rings is 1. The minimum Gasteiger partial charge on any atom is -0.353 e. The summed E-state index contributed by atoms with van der Waals surface area (Å²) in [6.07, 6.45) is 2.76. The second-order valence-electron chi connectivity index (χ2n) is 6.04. The molecule has 1 N–H and O–H groups in total. The van der Waals surface area contributed by atoms with Crippen molar-refractivity contribution >= 4 is 15.9 Å². The normalized spacial score (nSPS) is 20.4. The first-order chi connectivity index (χ1) is 10.9. The molecule has 3 rings (SSSR count). The van der Waals surface area contributed by atoms with Crippen LogP contribution in [0, 0.1) is 17.6 Å². The van der Waals surface area contributed by atoms with Crippen LogP contribution in [0.1, 0.15) is 25.7 Å². The Hall–Kier alpha value is -1.54. The SMILES string of the molecule is O=C(NC1CC1)C1CCN(S(=O)(=O)c2cc(F)ccc2F)CC1. The number of carbonyl (C=O) groups excluding carboxylic acids is 1. The van der Waals surface area contributed by atoms with E-state index in [0.29, 0.717) is 18.9 Å². The van der Waals surface area contributed by atoms with Gasteiger partial charge in [0.05, 0.1) is 0 Å². The minimum atomic E-state index is -4.09. The van der Waals surface area contributed by atoms with E-state index in [1.54, 1.807) is 0 Å². The minimum absolute atomic E-state index is 0.0403. The van der Waals surface area contributed by atoms with E-state index < -0.39 is 26.6 Å². The lowest BCUT2D eigenvalue weighted by molar-refractivity contribution is -0.126. The Morgan fingerprint density at radius 2 is 1.78 bits per heavy atom. The average molecular weight is 344 g/mol. The van der Waals surface area contributed by atoms with Gasteiger partial charge in [-0.1, -0.05) is 0 Å². The highest BCUT2D eigenvalue weighted by molar-refractivity contribution is 7.89. The second kappa shape index (κ2) is 6.16. The number of nitrogens with zero attached hydrogens (tertiary/aromatic N) is 1. The van der Waals surface area contributed by atoms with Gasteiger partial charge in [-0.25, -0.2) is 17.2 Å². The summed E-state index contributed by atoms with van der Waals surface area (Å²) in [7, 11) is -4.09. The quantitative estimate of drug-likeness (QED) is 0.903. The molecule has 0 spiro atoms. The summed E-state index contributed by atoms with van der Waals surface area (Å²) in [4.78, 5) is 11.3. The standard InChI is InChI=1S/C15H18F2N2O3S/c16-11-1-4-13(17)14(9-11)23(21,22)19-7-5-10(6-8-19)15(20)18-12-2-3-12/h1,4,9-10,12H,2-3,5-8H2,(H,18,20). The van der Waals surface area contributed by atoms with Gasteiger partial charge in [0.1, 0.15) is 16.5 Å². The molecular weight excluding hydrogens is 326 g/mol. The van der Waals surface area contributed by atoms with Crippen molar-refractivity contribution in [3.05, 3.63) is 29.8 Å². The van der Waals surface area contributed by atoms with Crippen molar-refractivity contribution in [3.63, 3.8) is 0 Å². The van der Waals surface area contributed by atoms with E-state index in [0.717, 1.165) is 29.3 Å². The number of rotatable bonds is 4. The van der Waals surface area contributed by atoms with Gasteiger partial charge < -0.3 is 5.32 Å². The van der Waals surface area contributed by atoms with E-state index in [1.807, 2.05) is 0 Å². The fourth-order valence-electron chi connectivity index (χ4n) is 2.72. The largest absolute Gasteiger partial charge is 0.353 e. The summed E-state index contributed by atoms with van der Waals surface area (Å²) in [6.45, 7) is 0.252. The number of hydrogen-bond acceptors (Lipinski definition) is 3. The summed E-state index contributed by atoms with van der Waals surface area (Å²) in [5.41, 5.74) is 0. The molecule has 23 heavy (non-hydrogen) atoms. The lowest BCUT2D eigenvalue weighted by Gasteiger charge is -2.30. The smallest absolute Gasteiger partial charge is 0.246 e. The van der Waals surface area contributed by atoms with Crippen LogP contribution >= 0.6 is 0 Å². The molecule has 1 saturated heterocycles. The number of halogens is 2. The first-order valence-electron chi connectivity index (χ1n) is 7.63. The van der Waals surface area contributed by atoms with E-state index >= 15 is 0 Å². The van der Waals surface area contributed by atoms with E-state index in [4.69, 9.17) is 0 Å². The van der Waals surface area contributed by atoms with Crippen LogP contribution in [0.5, 0.6) is 0 Å². The number of nitrogens with one attached hydrogen (secondary N) is 1. The first kappa shape index (κ1) is 16.3. The zero-order chi connectivity index (χ0) is 16.6. The molecule has 8 heteroatoms. The van der Waals surface area contributed by atoms with Crippen LogP contribution in [0.25, 0.3) is 0 Å². The van der Waals surface area contributed by atoms with Crippen LogP contribution in [0.2, 0.25) is 0 Å². The first-order valence-corrected chi connectivity index (χ1v) is 9.07. The van der Waals surface area contributed by atoms with Crippen LogP contribution in [0.4, 0.5) is 8.78 Å². The van der Waals surface area contributed by atoms with Gasteiger partial charge in [-0.15, -0.1) is 0 Å². The van der Waals surface area contributed by atoms with Gasteiger partial charge >= 0.3 is 0 Å². The van der Waals surface area contributed by atoms with Crippen molar-refractivity contribution in [3.8, 4) is 0 Å². The molecule has 1 aromatic rings. The van der Waals surface area contributed by atoms with Crippen LogP contribution in [-0.2, 0) is 14.8 Å². The van der Waals surface area contributed by atoms with E-state index in [1.165, 1.54) is 0 Å². The molecule has 2 aliphatic rings. The number of sulfonamides is 1. The Morgan fingerprint density at radius 3 is 2.39 bits per heavy atom. The summed E-state index contributed by atoms with van der Waals surface area (Å²) in [6, 6.07) is 2.64. The zero-order valence-electron chi connectivity index (χ0n) is 12.5. The monoisotopic (exact) mass is 344 g/mol. The second-order valence-corrected chi connectivity index (χ2v) is 7.94. The number of hydrogen-bond donors (Lipinski definition) is 1. The van der Waals surface area contributed by atoms with Gasteiger partial charge in [-0.3, -0.25) is 4.79 Å². The van der Waals surface area contributed by atoms with E-state index in [9.17, 15) is 22.0 Å². The Labute approximate surface area is 133 Å². The third-order valence-corrected chi connectivity index (χ3v) is 6.17. The van der Waals surface area contributed by atoms with E-state index in [-0.39, 0.29) is 31.0 Å².